The van der Waals surface area contributed by atoms with Crippen molar-refractivity contribution >= 4 is 11.9 Å². The summed E-state index contributed by atoms with van der Waals surface area (Å²) < 4.78 is 4.84. The van der Waals surface area contributed by atoms with Gasteiger partial charge in [0.1, 0.15) is 5.56 Å². The normalized spacial score (nSPS) is 11.5. The molecule has 1 unspecified atom stereocenters. The van der Waals surface area contributed by atoms with E-state index in [1.807, 2.05) is 0 Å². The zero-order valence-electron chi connectivity index (χ0n) is 12.2. The monoisotopic (exact) mass is 310 g/mol. The van der Waals surface area contributed by atoms with Crippen LogP contribution in [0.25, 0.3) is 0 Å². The fraction of sp³-hybridized carbons (Fsp3) is 0.333. The summed E-state index contributed by atoms with van der Waals surface area (Å²) in [4.78, 5) is 31.7. The molecule has 22 heavy (non-hydrogen) atoms. The Bertz CT molecular complexity index is 537. The van der Waals surface area contributed by atoms with Gasteiger partial charge >= 0.3 is 11.9 Å². The molecular formula is C15H18O7. The van der Waals surface area contributed by atoms with Gasteiger partial charge in [-0.05, 0) is 31.4 Å². The first-order valence-electron chi connectivity index (χ1n) is 6.61. The van der Waals surface area contributed by atoms with Crippen molar-refractivity contribution < 1.29 is 34.3 Å². The Balaban J connectivity index is 2.79. The van der Waals surface area contributed by atoms with E-state index < -0.39 is 18.2 Å². The Morgan fingerprint density at radius 2 is 2.14 bits per heavy atom. The van der Waals surface area contributed by atoms with E-state index in [1.165, 1.54) is 13.0 Å². The molecule has 0 aliphatic heterocycles. The zero-order valence-corrected chi connectivity index (χ0v) is 12.2. The molecule has 1 aromatic rings. The van der Waals surface area contributed by atoms with Gasteiger partial charge in [0.2, 0.25) is 0 Å². The van der Waals surface area contributed by atoms with E-state index in [4.69, 9.17) is 19.8 Å². The average molecular weight is 310 g/mol. The van der Waals surface area contributed by atoms with Gasteiger partial charge in [-0.25, -0.2) is 9.59 Å². The van der Waals surface area contributed by atoms with Crippen LogP contribution in [0, 0.1) is 0 Å². The number of aromatic carboxylic acids is 1. The number of benzene rings is 1. The molecule has 0 amide bonds. The van der Waals surface area contributed by atoms with Gasteiger partial charge in [0.05, 0.1) is 6.61 Å². The second-order valence-electron chi connectivity index (χ2n) is 4.35. The van der Waals surface area contributed by atoms with Crippen molar-refractivity contribution in [3.63, 3.8) is 0 Å². The fourth-order valence-electron chi connectivity index (χ4n) is 1.66. The van der Waals surface area contributed by atoms with E-state index in [0.717, 1.165) is 6.08 Å². The largest absolute Gasteiger partial charge is 0.478 e. The summed E-state index contributed by atoms with van der Waals surface area (Å²) in [5, 5.41) is 18.2. The maximum Gasteiger partial charge on any atom is 0.339 e. The minimum absolute atomic E-state index is 0.0194. The highest BCUT2D eigenvalue weighted by Gasteiger charge is 2.17. The third kappa shape index (κ3) is 5.55. The second kappa shape index (κ2) is 8.81. The number of carboxylic acids is 1. The molecule has 0 heterocycles. The molecule has 0 aliphatic rings. The summed E-state index contributed by atoms with van der Waals surface area (Å²) in [5.74, 6) is -1.68. The Morgan fingerprint density at radius 1 is 1.41 bits per heavy atom. The molecule has 0 fully saturated rings. The number of carboxylic acid groups (broad SMARTS) is 1. The number of esters is 1. The number of carbonyl (C=O) groups is 2. The quantitative estimate of drug-likeness (QED) is 0.179. The van der Waals surface area contributed by atoms with Crippen LogP contribution in [-0.2, 0) is 20.8 Å². The zero-order chi connectivity index (χ0) is 16.5. The van der Waals surface area contributed by atoms with Gasteiger partial charge in [0.25, 0.3) is 0 Å². The molecule has 0 saturated carbocycles. The van der Waals surface area contributed by atoms with Gasteiger partial charge in [-0.2, -0.15) is 4.89 Å². The number of aliphatic hydroxyl groups excluding tert-OH is 1. The Labute approximate surface area is 127 Å². The summed E-state index contributed by atoms with van der Waals surface area (Å²) in [6.45, 7) is 4.78. The molecular weight excluding hydrogens is 292 g/mol. The number of rotatable bonds is 9. The summed E-state index contributed by atoms with van der Waals surface area (Å²) >= 11 is 0. The predicted octanol–water partition coefficient (Wildman–Crippen LogP) is 1.70. The van der Waals surface area contributed by atoms with Crippen LogP contribution in [0.3, 0.4) is 0 Å². The fourth-order valence-corrected chi connectivity index (χ4v) is 1.66. The van der Waals surface area contributed by atoms with Crippen molar-refractivity contribution in [2.45, 2.75) is 26.1 Å². The SMILES string of the molecule is C=CC(=O)OCCCc1cccc(C(=O)O)c1OOC(C)O. The van der Waals surface area contributed by atoms with Crippen LogP contribution in [0.1, 0.15) is 29.3 Å². The van der Waals surface area contributed by atoms with Crippen molar-refractivity contribution in [1.82, 2.24) is 0 Å². The molecule has 1 aromatic carbocycles. The van der Waals surface area contributed by atoms with Crippen LogP contribution >= 0.6 is 0 Å². The standard InChI is InChI=1S/C15H18O7/c1-3-13(17)20-9-5-7-11-6-4-8-12(15(18)19)14(11)22-21-10(2)16/h3-4,6,8,10,16H,1,5,7,9H2,2H3,(H,18,19). The van der Waals surface area contributed by atoms with Crippen molar-refractivity contribution in [2.75, 3.05) is 6.61 Å². The van der Waals surface area contributed by atoms with E-state index in [-0.39, 0.29) is 17.9 Å². The molecule has 7 nitrogen and oxygen atoms in total. The second-order valence-corrected chi connectivity index (χ2v) is 4.35. The molecule has 0 spiro atoms. The molecule has 1 atom stereocenters. The summed E-state index contributed by atoms with van der Waals surface area (Å²) in [6.07, 6.45) is 0.733. The van der Waals surface area contributed by atoms with E-state index in [9.17, 15) is 9.59 Å². The lowest BCUT2D eigenvalue weighted by Crippen LogP contribution is -2.13. The van der Waals surface area contributed by atoms with E-state index in [0.29, 0.717) is 18.4 Å². The van der Waals surface area contributed by atoms with Crippen LogP contribution in [0.2, 0.25) is 0 Å². The number of carbonyl (C=O) groups excluding carboxylic acids is 1. The molecule has 0 saturated heterocycles. The number of para-hydroxylation sites is 1. The highest BCUT2D eigenvalue weighted by atomic mass is 17.2. The third-order valence-electron chi connectivity index (χ3n) is 2.60. The maximum atomic E-state index is 11.2. The van der Waals surface area contributed by atoms with E-state index >= 15 is 0 Å². The van der Waals surface area contributed by atoms with Gasteiger partial charge in [-0.1, -0.05) is 18.7 Å². The minimum Gasteiger partial charge on any atom is -0.478 e. The molecule has 1 rings (SSSR count). The first-order valence-corrected chi connectivity index (χ1v) is 6.61. The van der Waals surface area contributed by atoms with Gasteiger partial charge in [0, 0.05) is 6.08 Å². The topological polar surface area (TPSA) is 102 Å². The molecule has 7 heteroatoms. The Morgan fingerprint density at radius 3 is 2.73 bits per heavy atom. The van der Waals surface area contributed by atoms with Crippen LogP contribution in [0.5, 0.6) is 5.75 Å². The van der Waals surface area contributed by atoms with Gasteiger partial charge in [-0.3, -0.25) is 0 Å². The third-order valence-corrected chi connectivity index (χ3v) is 2.60. The molecule has 0 aliphatic carbocycles. The van der Waals surface area contributed by atoms with E-state index in [1.54, 1.807) is 12.1 Å². The number of aryl methyl sites for hydroxylation is 1. The Kier molecular flexibility index (Phi) is 7.07. The predicted molar refractivity (Wildman–Crippen MR) is 76.3 cm³/mol. The summed E-state index contributed by atoms with van der Waals surface area (Å²) in [6, 6.07) is 4.61. The van der Waals surface area contributed by atoms with Gasteiger partial charge in [-0.15, -0.1) is 0 Å². The van der Waals surface area contributed by atoms with Crippen LogP contribution in [0.4, 0.5) is 0 Å². The molecule has 120 valence electrons. The minimum atomic E-state index is -1.21. The lowest BCUT2D eigenvalue weighted by Gasteiger charge is -2.13. The Hall–Kier alpha value is -2.38. The molecule has 0 radical (unpaired) electrons. The smallest absolute Gasteiger partial charge is 0.339 e. The van der Waals surface area contributed by atoms with Crippen LogP contribution in [-0.4, -0.2) is 35.0 Å². The van der Waals surface area contributed by atoms with E-state index in [2.05, 4.69) is 11.5 Å². The highest BCUT2D eigenvalue weighted by molar-refractivity contribution is 5.91. The molecule has 2 N–H and O–H groups in total. The maximum absolute atomic E-state index is 11.2. The first kappa shape index (κ1) is 17.7. The average Bonchev–Trinajstić information content (AvgIpc) is 2.49. The lowest BCUT2D eigenvalue weighted by atomic mass is 10.0. The molecule has 0 bridgehead atoms. The molecule has 0 aromatic heterocycles. The first-order chi connectivity index (χ1) is 10.5. The lowest BCUT2D eigenvalue weighted by molar-refractivity contribution is -0.299. The van der Waals surface area contributed by atoms with Crippen molar-refractivity contribution in [3.05, 3.63) is 42.0 Å². The van der Waals surface area contributed by atoms with Crippen LogP contribution < -0.4 is 4.89 Å². The number of aliphatic hydroxyl groups is 1. The van der Waals surface area contributed by atoms with Crippen LogP contribution in [0.15, 0.2) is 30.9 Å². The van der Waals surface area contributed by atoms with Gasteiger partial charge in [0.15, 0.2) is 12.0 Å². The number of hydrogen-bond donors (Lipinski definition) is 2. The summed E-state index contributed by atoms with van der Waals surface area (Å²) in [7, 11) is 0. The van der Waals surface area contributed by atoms with Gasteiger partial charge < -0.3 is 19.8 Å². The van der Waals surface area contributed by atoms with Crippen molar-refractivity contribution in [2.24, 2.45) is 0 Å². The van der Waals surface area contributed by atoms with Crippen molar-refractivity contribution in [1.29, 1.82) is 0 Å². The van der Waals surface area contributed by atoms with Crippen molar-refractivity contribution in [3.8, 4) is 5.75 Å². The summed E-state index contributed by atoms with van der Waals surface area (Å²) in [5.41, 5.74) is 0.483. The number of ether oxygens (including phenoxy) is 1. The highest BCUT2D eigenvalue weighted by Crippen LogP contribution is 2.26. The number of hydrogen-bond acceptors (Lipinski definition) is 6.